The molecule has 6 nitrogen and oxygen atoms in total. The Hall–Kier alpha value is -2.02. The molecule has 1 N–H and O–H groups in total. The number of hydrogen-bond acceptors (Lipinski definition) is 5. The van der Waals surface area contributed by atoms with Crippen molar-refractivity contribution in [1.29, 1.82) is 0 Å². The highest BCUT2D eigenvalue weighted by Crippen LogP contribution is 2.35. The fraction of sp³-hybridized carbons (Fsp3) is 0.500. The average molecular weight is 360 g/mol. The summed E-state index contributed by atoms with van der Waals surface area (Å²) in [6, 6.07) is 8.29. The van der Waals surface area contributed by atoms with E-state index in [4.69, 9.17) is 4.74 Å². The minimum Gasteiger partial charge on any atom is -0.497 e. The molecule has 1 heterocycles. The summed E-state index contributed by atoms with van der Waals surface area (Å²) in [6.45, 7) is 0. The maximum absolute atomic E-state index is 11.6. The van der Waals surface area contributed by atoms with Crippen molar-refractivity contribution in [3.8, 4) is 17.1 Å². The largest absolute Gasteiger partial charge is 0.497 e. The summed E-state index contributed by atoms with van der Waals surface area (Å²) in [4.78, 5) is 11.6. The average Bonchev–Trinajstić information content (AvgIpc) is 3.10. The van der Waals surface area contributed by atoms with E-state index >= 15 is 0 Å². The van der Waals surface area contributed by atoms with Gasteiger partial charge >= 0.3 is 0 Å². The van der Waals surface area contributed by atoms with Gasteiger partial charge in [-0.25, -0.2) is 0 Å². The lowest BCUT2D eigenvalue weighted by Gasteiger charge is -2.25. The Balaban J connectivity index is 1.92. The molecule has 0 bridgehead atoms. The molecule has 1 saturated carbocycles. The lowest BCUT2D eigenvalue weighted by atomic mass is 9.95. The number of nitrogens with one attached hydrogen (secondary N) is 1. The van der Waals surface area contributed by atoms with Gasteiger partial charge in [-0.3, -0.25) is 9.36 Å². The first-order chi connectivity index (χ1) is 12.2. The molecule has 1 aromatic heterocycles. The van der Waals surface area contributed by atoms with Gasteiger partial charge in [-0.15, -0.1) is 10.2 Å². The number of amides is 1. The lowest BCUT2D eigenvalue weighted by Crippen LogP contribution is -2.20. The molecule has 2 aromatic rings. The second kappa shape index (κ2) is 8.38. The third-order valence-electron chi connectivity index (χ3n) is 4.56. The van der Waals surface area contributed by atoms with Crippen LogP contribution in [0, 0.1) is 0 Å². The zero-order valence-corrected chi connectivity index (χ0v) is 15.5. The maximum atomic E-state index is 11.6. The van der Waals surface area contributed by atoms with Gasteiger partial charge in [-0.2, -0.15) is 0 Å². The van der Waals surface area contributed by atoms with Crippen LogP contribution in [0.4, 0.5) is 0 Å². The third-order valence-corrected chi connectivity index (χ3v) is 5.51. The molecule has 25 heavy (non-hydrogen) atoms. The number of rotatable bonds is 6. The monoisotopic (exact) mass is 360 g/mol. The highest BCUT2D eigenvalue weighted by atomic mass is 32.2. The third kappa shape index (κ3) is 4.15. The fourth-order valence-electron chi connectivity index (χ4n) is 3.18. The SMILES string of the molecule is CNC(=O)CSc1nnc(-c2ccc(OC)cc2)n1C1CCCCC1. The fourth-order valence-corrected chi connectivity index (χ4v) is 4.06. The summed E-state index contributed by atoms with van der Waals surface area (Å²) in [6.07, 6.45) is 6.01. The van der Waals surface area contributed by atoms with Crippen LogP contribution < -0.4 is 10.1 Å². The van der Waals surface area contributed by atoms with Gasteiger partial charge in [0.2, 0.25) is 5.91 Å². The van der Waals surface area contributed by atoms with Gasteiger partial charge in [0, 0.05) is 18.7 Å². The number of benzene rings is 1. The van der Waals surface area contributed by atoms with E-state index in [2.05, 4.69) is 20.1 Å². The number of thioether (sulfide) groups is 1. The van der Waals surface area contributed by atoms with Crippen molar-refractivity contribution in [2.45, 2.75) is 43.3 Å². The van der Waals surface area contributed by atoms with Crippen LogP contribution in [-0.2, 0) is 4.79 Å². The molecule has 0 spiro atoms. The topological polar surface area (TPSA) is 69.0 Å². The van der Waals surface area contributed by atoms with Gasteiger partial charge in [0.15, 0.2) is 11.0 Å². The normalized spacial score (nSPS) is 15.1. The van der Waals surface area contributed by atoms with E-state index < -0.39 is 0 Å². The van der Waals surface area contributed by atoms with Crippen LogP contribution in [0.15, 0.2) is 29.4 Å². The van der Waals surface area contributed by atoms with Gasteiger partial charge in [0.05, 0.1) is 12.9 Å². The van der Waals surface area contributed by atoms with Gasteiger partial charge in [0.25, 0.3) is 0 Å². The summed E-state index contributed by atoms with van der Waals surface area (Å²) in [5, 5.41) is 12.3. The Kier molecular flexibility index (Phi) is 5.96. The summed E-state index contributed by atoms with van der Waals surface area (Å²) in [7, 11) is 3.31. The first-order valence-electron chi connectivity index (χ1n) is 8.65. The number of ether oxygens (including phenoxy) is 1. The van der Waals surface area contributed by atoms with Crippen molar-refractivity contribution in [1.82, 2.24) is 20.1 Å². The van der Waals surface area contributed by atoms with Gasteiger partial charge in [-0.05, 0) is 37.1 Å². The first kappa shape index (κ1) is 17.8. The van der Waals surface area contributed by atoms with Crippen LogP contribution in [-0.4, -0.2) is 40.6 Å². The van der Waals surface area contributed by atoms with Gasteiger partial charge < -0.3 is 10.1 Å². The van der Waals surface area contributed by atoms with Crippen LogP contribution in [0.5, 0.6) is 5.75 Å². The molecule has 1 aliphatic carbocycles. The quantitative estimate of drug-likeness (QED) is 0.801. The Morgan fingerprint density at radius 2 is 1.96 bits per heavy atom. The molecule has 1 aliphatic rings. The minimum atomic E-state index is -0.00538. The number of carbonyl (C=O) groups is 1. The highest BCUT2D eigenvalue weighted by Gasteiger charge is 2.24. The molecule has 3 rings (SSSR count). The lowest BCUT2D eigenvalue weighted by molar-refractivity contribution is -0.118. The molecule has 0 atom stereocenters. The molecule has 0 aliphatic heterocycles. The Labute approximate surface area is 152 Å². The molecule has 1 aromatic carbocycles. The molecule has 0 saturated heterocycles. The van der Waals surface area contributed by atoms with E-state index in [1.807, 2.05) is 24.3 Å². The smallest absolute Gasteiger partial charge is 0.230 e. The van der Waals surface area contributed by atoms with E-state index in [0.29, 0.717) is 11.8 Å². The van der Waals surface area contributed by atoms with Crippen molar-refractivity contribution in [2.75, 3.05) is 19.9 Å². The van der Waals surface area contributed by atoms with Crippen LogP contribution in [0.2, 0.25) is 0 Å². The minimum absolute atomic E-state index is 0.00538. The zero-order valence-electron chi connectivity index (χ0n) is 14.7. The first-order valence-corrected chi connectivity index (χ1v) is 9.64. The predicted octanol–water partition coefficient (Wildman–Crippen LogP) is 3.30. The number of hydrogen-bond donors (Lipinski definition) is 1. The van der Waals surface area contributed by atoms with Crippen molar-refractivity contribution < 1.29 is 9.53 Å². The maximum Gasteiger partial charge on any atom is 0.230 e. The molecule has 0 radical (unpaired) electrons. The number of aromatic nitrogens is 3. The molecular formula is C18H24N4O2S. The summed E-state index contributed by atoms with van der Waals surface area (Å²) >= 11 is 1.45. The molecule has 1 fully saturated rings. The summed E-state index contributed by atoms with van der Waals surface area (Å²) in [5.74, 6) is 2.04. The second-order valence-electron chi connectivity index (χ2n) is 6.16. The Bertz CT molecular complexity index is 708. The summed E-state index contributed by atoms with van der Waals surface area (Å²) in [5.41, 5.74) is 1.02. The van der Waals surface area contributed by atoms with E-state index in [1.165, 1.54) is 31.0 Å². The number of methoxy groups -OCH3 is 1. The van der Waals surface area contributed by atoms with Crippen LogP contribution >= 0.6 is 11.8 Å². The zero-order chi connectivity index (χ0) is 17.6. The molecule has 7 heteroatoms. The van der Waals surface area contributed by atoms with Crippen molar-refractivity contribution in [2.24, 2.45) is 0 Å². The predicted molar refractivity (Wildman–Crippen MR) is 98.9 cm³/mol. The number of nitrogens with zero attached hydrogens (tertiary/aromatic N) is 3. The van der Waals surface area contributed by atoms with E-state index in [9.17, 15) is 4.79 Å². The Morgan fingerprint density at radius 1 is 1.24 bits per heavy atom. The van der Waals surface area contributed by atoms with Crippen molar-refractivity contribution in [3.63, 3.8) is 0 Å². The summed E-state index contributed by atoms with van der Waals surface area (Å²) < 4.78 is 7.47. The van der Waals surface area contributed by atoms with E-state index in [-0.39, 0.29) is 5.91 Å². The number of carbonyl (C=O) groups excluding carboxylic acids is 1. The van der Waals surface area contributed by atoms with Crippen LogP contribution in [0.1, 0.15) is 38.1 Å². The van der Waals surface area contributed by atoms with Gasteiger partial charge in [0.1, 0.15) is 5.75 Å². The van der Waals surface area contributed by atoms with Gasteiger partial charge in [-0.1, -0.05) is 31.0 Å². The molecule has 0 unspecified atom stereocenters. The molecule has 1 amide bonds. The molecular weight excluding hydrogens is 336 g/mol. The highest BCUT2D eigenvalue weighted by molar-refractivity contribution is 7.99. The van der Waals surface area contributed by atoms with Crippen molar-refractivity contribution in [3.05, 3.63) is 24.3 Å². The standard InChI is InChI=1S/C18H24N4O2S/c1-19-16(23)12-25-18-21-20-17(13-8-10-15(24-2)11-9-13)22(18)14-6-4-3-5-7-14/h8-11,14H,3-7,12H2,1-2H3,(H,19,23). The van der Waals surface area contributed by atoms with E-state index in [1.54, 1.807) is 14.2 Å². The van der Waals surface area contributed by atoms with E-state index in [0.717, 1.165) is 35.1 Å². The second-order valence-corrected chi connectivity index (χ2v) is 7.10. The van der Waals surface area contributed by atoms with Crippen molar-refractivity contribution >= 4 is 17.7 Å². The molecule has 134 valence electrons. The van der Waals surface area contributed by atoms with Crippen LogP contribution in [0.25, 0.3) is 11.4 Å². The Morgan fingerprint density at radius 3 is 2.60 bits per heavy atom. The van der Waals surface area contributed by atoms with Crippen LogP contribution in [0.3, 0.4) is 0 Å².